The maximum absolute atomic E-state index is 12.3. The van der Waals surface area contributed by atoms with Gasteiger partial charge in [-0.3, -0.25) is 9.48 Å². The largest absolute Gasteiger partial charge is 0.337 e. The fraction of sp³-hybridized carbons (Fsp3) is 0.692. The van der Waals surface area contributed by atoms with Crippen LogP contribution in [0.15, 0.2) is 12.4 Å². The van der Waals surface area contributed by atoms with E-state index in [1.807, 2.05) is 27.1 Å². The molecule has 0 saturated carbocycles. The van der Waals surface area contributed by atoms with Gasteiger partial charge in [0.2, 0.25) is 5.91 Å². The van der Waals surface area contributed by atoms with E-state index in [2.05, 4.69) is 12.0 Å². The van der Waals surface area contributed by atoms with Crippen molar-refractivity contribution in [3.63, 3.8) is 0 Å². The molecule has 2 unspecified atom stereocenters. The quantitative estimate of drug-likeness (QED) is 0.826. The number of likely N-dealkylation sites (N-methyl/N-ethyl adjacent to an activating group) is 1. The molecule has 0 aliphatic heterocycles. The van der Waals surface area contributed by atoms with E-state index in [1.165, 1.54) is 0 Å². The first-order valence-electron chi connectivity index (χ1n) is 6.51. The SMILES string of the molecule is CCC(C)C(N)C(=O)N(CC)Cc1cnn(C)c1. The highest BCUT2D eigenvalue weighted by molar-refractivity contribution is 5.81. The number of aryl methyl sites for hydroxylation is 1. The van der Waals surface area contributed by atoms with Crippen LogP contribution in [0.4, 0.5) is 0 Å². The minimum atomic E-state index is -0.411. The second kappa shape index (κ2) is 6.54. The van der Waals surface area contributed by atoms with Gasteiger partial charge in [0.25, 0.3) is 0 Å². The van der Waals surface area contributed by atoms with E-state index >= 15 is 0 Å². The molecular weight excluding hydrogens is 228 g/mol. The van der Waals surface area contributed by atoms with Gasteiger partial charge in [0.1, 0.15) is 0 Å². The normalized spacial score (nSPS) is 14.3. The van der Waals surface area contributed by atoms with Gasteiger partial charge >= 0.3 is 0 Å². The summed E-state index contributed by atoms with van der Waals surface area (Å²) in [6.45, 7) is 7.28. The lowest BCUT2D eigenvalue weighted by atomic mass is 9.99. The van der Waals surface area contributed by atoms with Crippen LogP contribution in [0.1, 0.15) is 32.8 Å². The van der Waals surface area contributed by atoms with Crippen molar-refractivity contribution < 1.29 is 4.79 Å². The first-order chi connectivity index (χ1) is 8.49. The van der Waals surface area contributed by atoms with E-state index in [0.717, 1.165) is 12.0 Å². The average molecular weight is 252 g/mol. The van der Waals surface area contributed by atoms with Gasteiger partial charge in [0, 0.05) is 31.9 Å². The van der Waals surface area contributed by atoms with Crippen molar-refractivity contribution in [1.29, 1.82) is 0 Å². The Balaban J connectivity index is 2.68. The first kappa shape index (κ1) is 14.7. The number of amides is 1. The fourth-order valence-electron chi connectivity index (χ4n) is 1.83. The van der Waals surface area contributed by atoms with Gasteiger partial charge in [0.05, 0.1) is 12.2 Å². The maximum atomic E-state index is 12.3. The summed E-state index contributed by atoms with van der Waals surface area (Å²) in [6, 6.07) is -0.411. The van der Waals surface area contributed by atoms with Crippen molar-refractivity contribution in [3.05, 3.63) is 18.0 Å². The molecule has 5 nitrogen and oxygen atoms in total. The zero-order valence-electron chi connectivity index (χ0n) is 11.8. The van der Waals surface area contributed by atoms with E-state index in [0.29, 0.717) is 13.1 Å². The third-order valence-corrected chi connectivity index (χ3v) is 3.37. The van der Waals surface area contributed by atoms with Gasteiger partial charge in [-0.1, -0.05) is 20.3 Å². The number of rotatable bonds is 6. The molecule has 0 aromatic carbocycles. The third-order valence-electron chi connectivity index (χ3n) is 3.37. The topological polar surface area (TPSA) is 64.2 Å². The van der Waals surface area contributed by atoms with Crippen molar-refractivity contribution in [2.45, 2.75) is 39.8 Å². The summed E-state index contributed by atoms with van der Waals surface area (Å²) in [5.41, 5.74) is 7.03. The summed E-state index contributed by atoms with van der Waals surface area (Å²) in [4.78, 5) is 14.0. The van der Waals surface area contributed by atoms with Crippen LogP contribution in [0, 0.1) is 5.92 Å². The number of carbonyl (C=O) groups excluding carboxylic acids is 1. The minimum Gasteiger partial charge on any atom is -0.337 e. The van der Waals surface area contributed by atoms with Gasteiger partial charge < -0.3 is 10.6 Å². The zero-order valence-corrected chi connectivity index (χ0v) is 11.8. The van der Waals surface area contributed by atoms with Gasteiger partial charge in [-0.25, -0.2) is 0 Å². The lowest BCUT2D eigenvalue weighted by Crippen LogP contribution is -2.46. The van der Waals surface area contributed by atoms with Crippen molar-refractivity contribution in [2.24, 2.45) is 18.7 Å². The summed E-state index contributed by atoms with van der Waals surface area (Å²) in [5, 5.41) is 4.11. The Kier molecular flexibility index (Phi) is 5.34. The van der Waals surface area contributed by atoms with Gasteiger partial charge in [-0.15, -0.1) is 0 Å². The van der Waals surface area contributed by atoms with Crippen LogP contribution in [-0.2, 0) is 18.4 Å². The predicted molar refractivity (Wildman–Crippen MR) is 71.7 cm³/mol. The predicted octanol–water partition coefficient (Wildman–Crippen LogP) is 1.14. The summed E-state index contributed by atoms with van der Waals surface area (Å²) < 4.78 is 1.74. The molecule has 2 atom stereocenters. The molecule has 0 saturated heterocycles. The molecule has 0 aliphatic rings. The van der Waals surface area contributed by atoms with Crippen LogP contribution >= 0.6 is 0 Å². The monoisotopic (exact) mass is 252 g/mol. The van der Waals surface area contributed by atoms with Crippen LogP contribution < -0.4 is 5.73 Å². The molecule has 2 N–H and O–H groups in total. The third kappa shape index (κ3) is 3.57. The number of nitrogens with two attached hydrogens (primary N) is 1. The van der Waals surface area contributed by atoms with Gasteiger partial charge in [0.15, 0.2) is 0 Å². The molecule has 1 aromatic heterocycles. The van der Waals surface area contributed by atoms with Crippen LogP contribution in [0.2, 0.25) is 0 Å². The number of nitrogens with zero attached hydrogens (tertiary/aromatic N) is 3. The van der Waals surface area contributed by atoms with Crippen LogP contribution in [-0.4, -0.2) is 33.2 Å². The fourth-order valence-corrected chi connectivity index (χ4v) is 1.83. The molecule has 0 spiro atoms. The van der Waals surface area contributed by atoms with Crippen LogP contribution in [0.5, 0.6) is 0 Å². The molecule has 0 radical (unpaired) electrons. The van der Waals surface area contributed by atoms with E-state index in [1.54, 1.807) is 15.8 Å². The van der Waals surface area contributed by atoms with E-state index in [-0.39, 0.29) is 11.8 Å². The molecule has 1 aromatic rings. The average Bonchev–Trinajstić information content (AvgIpc) is 2.78. The highest BCUT2D eigenvalue weighted by atomic mass is 16.2. The summed E-state index contributed by atoms with van der Waals surface area (Å²) in [7, 11) is 1.87. The Morgan fingerprint density at radius 2 is 2.22 bits per heavy atom. The number of hydrogen-bond acceptors (Lipinski definition) is 3. The molecule has 0 bridgehead atoms. The Labute approximate surface area is 109 Å². The Bertz CT molecular complexity index is 388. The molecule has 1 rings (SSSR count). The molecule has 18 heavy (non-hydrogen) atoms. The number of aromatic nitrogens is 2. The Morgan fingerprint density at radius 1 is 1.56 bits per heavy atom. The molecule has 5 heteroatoms. The minimum absolute atomic E-state index is 0.0238. The Morgan fingerprint density at radius 3 is 2.67 bits per heavy atom. The molecule has 0 aliphatic carbocycles. The molecule has 1 heterocycles. The molecule has 1 amide bonds. The van der Waals surface area contributed by atoms with Crippen molar-refractivity contribution >= 4 is 5.91 Å². The van der Waals surface area contributed by atoms with Crippen LogP contribution in [0.3, 0.4) is 0 Å². The van der Waals surface area contributed by atoms with E-state index in [9.17, 15) is 4.79 Å². The molecular formula is C13H24N4O. The zero-order chi connectivity index (χ0) is 13.7. The summed E-state index contributed by atoms with van der Waals surface area (Å²) in [6.07, 6.45) is 4.62. The first-order valence-corrected chi connectivity index (χ1v) is 6.51. The lowest BCUT2D eigenvalue weighted by molar-refractivity contribution is -0.134. The van der Waals surface area contributed by atoms with Crippen molar-refractivity contribution in [3.8, 4) is 0 Å². The highest BCUT2D eigenvalue weighted by Gasteiger charge is 2.24. The molecule has 0 fully saturated rings. The maximum Gasteiger partial charge on any atom is 0.240 e. The number of carbonyl (C=O) groups is 1. The number of hydrogen-bond donors (Lipinski definition) is 1. The Hall–Kier alpha value is -1.36. The highest BCUT2D eigenvalue weighted by Crippen LogP contribution is 2.11. The van der Waals surface area contributed by atoms with Crippen LogP contribution in [0.25, 0.3) is 0 Å². The lowest BCUT2D eigenvalue weighted by Gasteiger charge is -2.26. The smallest absolute Gasteiger partial charge is 0.240 e. The van der Waals surface area contributed by atoms with Crippen molar-refractivity contribution in [1.82, 2.24) is 14.7 Å². The van der Waals surface area contributed by atoms with E-state index < -0.39 is 6.04 Å². The summed E-state index contributed by atoms with van der Waals surface area (Å²) in [5.74, 6) is 0.233. The molecule has 102 valence electrons. The second-order valence-corrected chi connectivity index (χ2v) is 4.79. The van der Waals surface area contributed by atoms with Gasteiger partial charge in [-0.05, 0) is 12.8 Å². The van der Waals surface area contributed by atoms with Gasteiger partial charge in [-0.2, -0.15) is 5.10 Å². The van der Waals surface area contributed by atoms with E-state index in [4.69, 9.17) is 5.73 Å². The second-order valence-electron chi connectivity index (χ2n) is 4.79. The van der Waals surface area contributed by atoms with Crippen molar-refractivity contribution in [2.75, 3.05) is 6.54 Å². The standard InChI is InChI=1S/C13H24N4O/c1-5-10(3)12(14)13(18)17(6-2)9-11-7-15-16(4)8-11/h7-8,10,12H,5-6,9,14H2,1-4H3. The summed E-state index contributed by atoms with van der Waals surface area (Å²) >= 11 is 0.